The molecule has 0 radical (unpaired) electrons. The molecule has 266 valence electrons. The number of unbranched alkanes of at least 4 members (excludes halogenated alkanes) is 1. The van der Waals surface area contributed by atoms with E-state index in [9.17, 15) is 19.2 Å². The Bertz CT molecular complexity index is 1900. The Morgan fingerprint density at radius 2 is 0.750 bits per heavy atom. The number of benzene rings is 4. The van der Waals surface area contributed by atoms with Crippen molar-refractivity contribution in [3.05, 3.63) is 129 Å². The zero-order chi connectivity index (χ0) is 35.6. The first-order valence-electron chi connectivity index (χ1n) is 18.5. The molecule has 2 heterocycles. The van der Waals surface area contributed by atoms with Crippen LogP contribution in [0.4, 0.5) is 11.4 Å². The second-order valence-corrected chi connectivity index (χ2v) is 14.2. The molecule has 10 heteroatoms. The van der Waals surface area contributed by atoms with Gasteiger partial charge in [0.25, 0.3) is 0 Å². The van der Waals surface area contributed by atoms with Crippen molar-refractivity contribution in [2.24, 2.45) is 0 Å². The fourth-order valence-electron chi connectivity index (χ4n) is 8.10. The molecule has 8 rings (SSSR count). The smallest absolute Gasteiger partial charge is 0.196 e. The summed E-state index contributed by atoms with van der Waals surface area (Å²) < 4.78 is 0. The number of carbonyl (C=O) groups excluding carboxylic acids is 4. The molecule has 0 amide bonds. The standard InChI is InChI=1S/C42H44N6O4/c49-39-29-9-1-3-11-31(29)41(51)37-33(39)13-7-15-35(37)43-17-21-47-25-23-45(27-47)19-5-6-20-46-24-26-48(28-46)22-18-44-36-16-8-14-34-38(36)42(52)32-12-4-2-10-30(32)40(34)50/h1-4,7-16,43-44H,5-6,17-28H2. The summed E-state index contributed by atoms with van der Waals surface area (Å²) in [5.74, 6) is -0.365. The van der Waals surface area contributed by atoms with Crippen LogP contribution < -0.4 is 10.6 Å². The maximum Gasteiger partial charge on any atom is 0.196 e. The summed E-state index contributed by atoms with van der Waals surface area (Å²) in [6.45, 7) is 11.4. The molecule has 2 fully saturated rings. The largest absolute Gasteiger partial charge is 0.383 e. The van der Waals surface area contributed by atoms with Crippen LogP contribution >= 0.6 is 0 Å². The summed E-state index contributed by atoms with van der Waals surface area (Å²) >= 11 is 0. The number of anilines is 2. The van der Waals surface area contributed by atoms with Crippen LogP contribution in [-0.2, 0) is 0 Å². The monoisotopic (exact) mass is 696 g/mol. The fraction of sp³-hybridized carbons (Fsp3) is 0.333. The van der Waals surface area contributed by atoms with Gasteiger partial charge in [-0.3, -0.25) is 38.8 Å². The molecule has 4 aromatic rings. The van der Waals surface area contributed by atoms with Crippen LogP contribution in [0.3, 0.4) is 0 Å². The number of carbonyl (C=O) groups is 4. The van der Waals surface area contributed by atoms with Crippen LogP contribution in [-0.4, -0.2) is 122 Å². The minimum absolute atomic E-state index is 0.0905. The van der Waals surface area contributed by atoms with Crippen molar-refractivity contribution < 1.29 is 19.2 Å². The van der Waals surface area contributed by atoms with Gasteiger partial charge in [-0.1, -0.05) is 72.8 Å². The van der Waals surface area contributed by atoms with E-state index in [1.165, 1.54) is 0 Å². The van der Waals surface area contributed by atoms with Crippen LogP contribution in [0.25, 0.3) is 0 Å². The van der Waals surface area contributed by atoms with Gasteiger partial charge in [0.15, 0.2) is 23.1 Å². The summed E-state index contributed by atoms with van der Waals surface area (Å²) in [6.07, 6.45) is 2.32. The van der Waals surface area contributed by atoms with Gasteiger partial charge in [-0.05, 0) is 38.1 Å². The third-order valence-corrected chi connectivity index (χ3v) is 10.9. The van der Waals surface area contributed by atoms with E-state index in [2.05, 4.69) is 30.2 Å². The van der Waals surface area contributed by atoms with Crippen LogP contribution in [0, 0.1) is 0 Å². The Kier molecular flexibility index (Phi) is 9.79. The first kappa shape index (κ1) is 34.1. The summed E-state index contributed by atoms with van der Waals surface area (Å²) in [5, 5.41) is 6.90. The lowest BCUT2D eigenvalue weighted by Crippen LogP contribution is -2.31. The molecular weight excluding hydrogens is 653 g/mol. The minimum Gasteiger partial charge on any atom is -0.383 e. The SMILES string of the molecule is O=C1c2ccccc2C(=O)c2c(NCCN3CCN(CCCCN4CCN(CCNc5cccc6c5C(=O)c5ccccc5C6=O)C4)C3)cccc21. The lowest BCUT2D eigenvalue weighted by Gasteiger charge is -2.22. The van der Waals surface area contributed by atoms with Crippen molar-refractivity contribution in [3.63, 3.8) is 0 Å². The molecule has 2 N–H and O–H groups in total. The Morgan fingerprint density at radius 3 is 1.15 bits per heavy atom. The average molecular weight is 697 g/mol. The van der Waals surface area contributed by atoms with E-state index >= 15 is 0 Å². The highest BCUT2D eigenvalue weighted by Gasteiger charge is 2.33. The number of hydrogen-bond donors (Lipinski definition) is 2. The van der Waals surface area contributed by atoms with Gasteiger partial charge < -0.3 is 10.6 Å². The van der Waals surface area contributed by atoms with Gasteiger partial charge in [0.05, 0.1) is 24.5 Å². The van der Waals surface area contributed by atoms with Crippen LogP contribution in [0.2, 0.25) is 0 Å². The molecule has 2 aliphatic carbocycles. The van der Waals surface area contributed by atoms with E-state index < -0.39 is 0 Å². The molecular formula is C42H44N6O4. The van der Waals surface area contributed by atoms with E-state index in [4.69, 9.17) is 0 Å². The lowest BCUT2D eigenvalue weighted by atomic mass is 9.83. The van der Waals surface area contributed by atoms with E-state index in [1.54, 1.807) is 60.7 Å². The highest BCUT2D eigenvalue weighted by molar-refractivity contribution is 6.31. The second-order valence-electron chi connectivity index (χ2n) is 14.2. The Hall–Kier alpha value is -5.00. The quantitative estimate of drug-likeness (QED) is 0.165. The number of hydrogen-bond acceptors (Lipinski definition) is 10. The molecule has 0 atom stereocenters. The molecule has 2 saturated heterocycles. The molecule has 4 aliphatic rings. The van der Waals surface area contributed by atoms with E-state index in [1.807, 2.05) is 24.3 Å². The number of fused-ring (bicyclic) bond motifs is 4. The maximum atomic E-state index is 13.3. The van der Waals surface area contributed by atoms with Gasteiger partial charge in [0, 0.05) is 97.1 Å². The highest BCUT2D eigenvalue weighted by Crippen LogP contribution is 2.33. The van der Waals surface area contributed by atoms with Crippen molar-refractivity contribution in [1.82, 2.24) is 19.6 Å². The Balaban J connectivity index is 0.729. The molecule has 0 aromatic heterocycles. The zero-order valence-corrected chi connectivity index (χ0v) is 29.4. The summed E-state index contributed by atoms with van der Waals surface area (Å²) in [7, 11) is 0. The molecule has 2 aliphatic heterocycles. The van der Waals surface area contributed by atoms with Crippen molar-refractivity contribution in [2.45, 2.75) is 12.8 Å². The van der Waals surface area contributed by atoms with Crippen LogP contribution in [0.5, 0.6) is 0 Å². The highest BCUT2D eigenvalue weighted by atomic mass is 16.1. The van der Waals surface area contributed by atoms with Crippen molar-refractivity contribution in [2.75, 3.05) is 89.4 Å². The Labute approximate surface area is 304 Å². The number of rotatable bonds is 13. The van der Waals surface area contributed by atoms with Gasteiger partial charge in [0.1, 0.15) is 0 Å². The minimum atomic E-state index is -0.0919. The molecule has 0 saturated carbocycles. The van der Waals surface area contributed by atoms with Crippen LogP contribution in [0.15, 0.2) is 84.9 Å². The third-order valence-electron chi connectivity index (χ3n) is 10.9. The van der Waals surface area contributed by atoms with Crippen molar-refractivity contribution >= 4 is 34.5 Å². The molecule has 10 nitrogen and oxygen atoms in total. The van der Waals surface area contributed by atoms with Crippen LogP contribution in [0.1, 0.15) is 76.5 Å². The number of nitrogens with zero attached hydrogens (tertiary/aromatic N) is 4. The molecule has 0 spiro atoms. The first-order chi connectivity index (χ1) is 25.5. The van der Waals surface area contributed by atoms with Gasteiger partial charge >= 0.3 is 0 Å². The van der Waals surface area contributed by atoms with Crippen molar-refractivity contribution in [1.29, 1.82) is 0 Å². The van der Waals surface area contributed by atoms with Gasteiger partial charge in [-0.25, -0.2) is 0 Å². The topological polar surface area (TPSA) is 105 Å². The molecule has 0 bridgehead atoms. The average Bonchev–Trinajstić information content (AvgIpc) is 3.84. The third kappa shape index (κ3) is 6.70. The summed E-state index contributed by atoms with van der Waals surface area (Å²) in [5.41, 5.74) is 5.31. The molecule has 4 aromatic carbocycles. The number of ketones is 4. The molecule has 52 heavy (non-hydrogen) atoms. The van der Waals surface area contributed by atoms with Gasteiger partial charge in [-0.2, -0.15) is 0 Å². The first-order valence-corrected chi connectivity index (χ1v) is 18.5. The van der Waals surface area contributed by atoms with Gasteiger partial charge in [0.2, 0.25) is 0 Å². The second kappa shape index (κ2) is 14.9. The van der Waals surface area contributed by atoms with Gasteiger partial charge in [-0.15, -0.1) is 0 Å². The van der Waals surface area contributed by atoms with E-state index in [-0.39, 0.29) is 23.1 Å². The zero-order valence-electron chi connectivity index (χ0n) is 29.4. The lowest BCUT2D eigenvalue weighted by molar-refractivity contribution is 0.0979. The molecule has 0 unspecified atom stereocenters. The summed E-state index contributed by atoms with van der Waals surface area (Å²) in [4.78, 5) is 62.7. The van der Waals surface area contributed by atoms with Crippen molar-refractivity contribution in [3.8, 4) is 0 Å². The van der Waals surface area contributed by atoms with E-state index in [0.29, 0.717) is 57.6 Å². The fourth-order valence-corrected chi connectivity index (χ4v) is 8.10. The maximum absolute atomic E-state index is 13.3. The predicted octanol–water partition coefficient (Wildman–Crippen LogP) is 4.69. The summed E-state index contributed by atoms with van der Waals surface area (Å²) in [6, 6.07) is 25.1. The number of nitrogens with one attached hydrogen (secondary N) is 2. The Morgan fingerprint density at radius 1 is 0.404 bits per heavy atom. The predicted molar refractivity (Wildman–Crippen MR) is 202 cm³/mol. The normalized spacial score (nSPS) is 17.6. The van der Waals surface area contributed by atoms with E-state index in [0.717, 1.165) is 89.9 Å².